The van der Waals surface area contributed by atoms with Crippen LogP contribution in [0.3, 0.4) is 0 Å². The van der Waals surface area contributed by atoms with Gasteiger partial charge in [-0.25, -0.2) is 0 Å². The van der Waals surface area contributed by atoms with Gasteiger partial charge in [0.05, 0.1) is 34.5 Å². The molecule has 6 heteroatoms. The van der Waals surface area contributed by atoms with Crippen molar-refractivity contribution in [1.29, 1.82) is 0 Å². The van der Waals surface area contributed by atoms with Crippen LogP contribution in [0, 0.1) is 6.92 Å². The van der Waals surface area contributed by atoms with Crippen molar-refractivity contribution in [1.82, 2.24) is 5.16 Å². The van der Waals surface area contributed by atoms with Crippen molar-refractivity contribution in [2.24, 2.45) is 0 Å². The lowest BCUT2D eigenvalue weighted by Crippen LogP contribution is -2.34. The summed E-state index contributed by atoms with van der Waals surface area (Å²) in [5.41, 5.74) is 6.75. The molecule has 0 radical (unpaired) electrons. The van der Waals surface area contributed by atoms with E-state index in [1.54, 1.807) is 0 Å². The third-order valence-electron chi connectivity index (χ3n) is 7.30. The molecule has 0 unspecified atom stereocenters. The van der Waals surface area contributed by atoms with E-state index in [2.05, 4.69) is 10.5 Å². The first-order valence-electron chi connectivity index (χ1n) is 12.3. The fraction of sp³-hybridized carbons (Fsp3) is 0.161. The average Bonchev–Trinajstić information content (AvgIpc) is 3.38. The molecule has 1 aliphatic rings. The summed E-state index contributed by atoms with van der Waals surface area (Å²) in [4.78, 5) is 15.8. The van der Waals surface area contributed by atoms with Crippen LogP contribution >= 0.6 is 0 Å². The number of hydrogen-bond acceptors (Lipinski definition) is 6. The van der Waals surface area contributed by atoms with Gasteiger partial charge in [-0.2, -0.15) is 0 Å². The second-order valence-corrected chi connectivity index (χ2v) is 9.63. The molecule has 0 fully saturated rings. The van der Waals surface area contributed by atoms with Gasteiger partial charge >= 0.3 is 0 Å². The van der Waals surface area contributed by atoms with Crippen LogP contribution in [0.25, 0.3) is 22.2 Å². The summed E-state index contributed by atoms with van der Waals surface area (Å²) in [5.74, 6) is 0.510. The van der Waals surface area contributed by atoms with Crippen LogP contribution in [0.15, 0.2) is 89.5 Å². The maximum absolute atomic E-state index is 13.8. The topological polar surface area (TPSA) is 78.6 Å². The maximum atomic E-state index is 13.8. The number of aromatic nitrogens is 1. The molecule has 4 aromatic carbocycles. The Hall–Kier alpha value is -4.42. The highest BCUT2D eigenvalue weighted by Crippen LogP contribution is 2.46. The first-order valence-corrected chi connectivity index (χ1v) is 12.3. The number of anilines is 3. The summed E-state index contributed by atoms with van der Waals surface area (Å²) in [7, 11) is 1.93. The Kier molecular flexibility index (Phi) is 5.54. The zero-order chi connectivity index (χ0) is 25.7. The number of carbonyl (C=O) groups excluding carboxylic acids is 1. The standard InChI is InChI=1S/C31H27N3O3/c1-18-13-15-21(16-14-18)32-24-17-25(34(3)19(2)29(35)20-9-5-4-6-10-20)28-27-26(24)30(36)22-11-7-8-12-23(22)31(27)37-33-28/h4-17,19,29,32,35H,1-3H3/t19-,29+/m1/s1. The van der Waals surface area contributed by atoms with Crippen molar-refractivity contribution in [2.45, 2.75) is 26.0 Å². The van der Waals surface area contributed by atoms with Crippen molar-refractivity contribution in [3.63, 3.8) is 0 Å². The Morgan fingerprint density at radius 1 is 0.946 bits per heavy atom. The zero-order valence-electron chi connectivity index (χ0n) is 20.9. The van der Waals surface area contributed by atoms with Crippen molar-refractivity contribution < 1.29 is 14.4 Å². The van der Waals surface area contributed by atoms with Crippen molar-refractivity contribution in [3.05, 3.63) is 107 Å². The van der Waals surface area contributed by atoms with E-state index in [1.165, 1.54) is 0 Å². The minimum absolute atomic E-state index is 0.0718. The third kappa shape index (κ3) is 3.77. The smallest absolute Gasteiger partial charge is 0.196 e. The van der Waals surface area contributed by atoms with E-state index in [1.807, 2.05) is 111 Å². The largest absolute Gasteiger partial charge is 0.386 e. The average molecular weight is 490 g/mol. The Morgan fingerprint density at radius 3 is 2.35 bits per heavy atom. The zero-order valence-corrected chi connectivity index (χ0v) is 20.9. The van der Waals surface area contributed by atoms with Gasteiger partial charge in [-0.1, -0.05) is 77.5 Å². The number of aliphatic hydroxyl groups is 1. The van der Waals surface area contributed by atoms with Gasteiger partial charge in [-0.3, -0.25) is 4.79 Å². The molecule has 37 heavy (non-hydrogen) atoms. The second-order valence-electron chi connectivity index (χ2n) is 9.63. The Bertz CT molecular complexity index is 1620. The number of fused-ring (bicyclic) bond motifs is 2. The molecule has 1 aliphatic carbocycles. The first kappa shape index (κ1) is 23.0. The summed E-state index contributed by atoms with van der Waals surface area (Å²) in [6.07, 6.45) is -0.726. The van der Waals surface area contributed by atoms with E-state index < -0.39 is 6.10 Å². The van der Waals surface area contributed by atoms with Crippen LogP contribution in [0.2, 0.25) is 0 Å². The van der Waals surface area contributed by atoms with Gasteiger partial charge in [0.1, 0.15) is 5.52 Å². The SMILES string of the molecule is Cc1ccc(Nc2cc(N(C)[C@H](C)[C@H](O)c3ccccc3)c3noc4c3c2C(=O)c2ccccc2-4)cc1. The van der Waals surface area contributed by atoms with E-state index in [9.17, 15) is 9.90 Å². The lowest BCUT2D eigenvalue weighted by atomic mass is 9.86. The number of rotatable bonds is 6. The fourth-order valence-corrected chi connectivity index (χ4v) is 5.06. The minimum Gasteiger partial charge on any atom is -0.386 e. The van der Waals surface area contributed by atoms with Crippen LogP contribution in [0.1, 0.15) is 40.1 Å². The summed E-state index contributed by atoms with van der Waals surface area (Å²) in [6.45, 7) is 4.01. The molecule has 184 valence electrons. The maximum Gasteiger partial charge on any atom is 0.196 e. The number of nitrogens with one attached hydrogen (secondary N) is 1. The summed E-state index contributed by atoms with van der Waals surface area (Å²) >= 11 is 0. The molecule has 0 spiro atoms. The number of aryl methyl sites for hydroxylation is 1. The number of aliphatic hydroxyl groups excluding tert-OH is 1. The summed E-state index contributed by atoms with van der Waals surface area (Å²) in [6, 6.07) is 26.8. The Morgan fingerprint density at radius 2 is 1.62 bits per heavy atom. The van der Waals surface area contributed by atoms with Gasteiger partial charge in [0.15, 0.2) is 11.5 Å². The van der Waals surface area contributed by atoms with Crippen molar-refractivity contribution in [3.8, 4) is 11.3 Å². The molecular formula is C31H27N3O3. The van der Waals surface area contributed by atoms with Crippen molar-refractivity contribution in [2.75, 3.05) is 17.3 Å². The molecule has 0 aliphatic heterocycles. The minimum atomic E-state index is -0.726. The van der Waals surface area contributed by atoms with Crippen LogP contribution in [0.4, 0.5) is 17.1 Å². The highest BCUT2D eigenvalue weighted by Gasteiger charge is 2.34. The Balaban J connectivity index is 1.53. The highest BCUT2D eigenvalue weighted by molar-refractivity contribution is 6.28. The molecule has 5 aromatic rings. The van der Waals surface area contributed by atoms with Gasteiger partial charge < -0.3 is 19.8 Å². The molecule has 6 rings (SSSR count). The highest BCUT2D eigenvalue weighted by atomic mass is 16.5. The van der Waals surface area contributed by atoms with E-state index in [-0.39, 0.29) is 11.8 Å². The molecule has 0 saturated heterocycles. The van der Waals surface area contributed by atoms with Crippen LogP contribution in [0.5, 0.6) is 0 Å². The van der Waals surface area contributed by atoms with Crippen LogP contribution in [-0.2, 0) is 0 Å². The molecule has 1 heterocycles. The van der Waals surface area contributed by atoms with E-state index >= 15 is 0 Å². The molecule has 2 N–H and O–H groups in total. The van der Waals surface area contributed by atoms with Gasteiger partial charge in [-0.05, 0) is 37.6 Å². The molecule has 2 atom stereocenters. The van der Waals surface area contributed by atoms with Crippen LogP contribution in [-0.4, -0.2) is 29.1 Å². The molecule has 6 nitrogen and oxygen atoms in total. The normalized spacial score (nSPS) is 13.8. The van der Waals surface area contributed by atoms with Gasteiger partial charge in [0, 0.05) is 23.9 Å². The lowest BCUT2D eigenvalue weighted by molar-refractivity contribution is 0.104. The monoisotopic (exact) mass is 489 g/mol. The first-order chi connectivity index (χ1) is 17.9. The number of carbonyl (C=O) groups is 1. The molecule has 0 amide bonds. The van der Waals surface area contributed by atoms with Gasteiger partial charge in [-0.15, -0.1) is 0 Å². The molecular weight excluding hydrogens is 462 g/mol. The lowest BCUT2D eigenvalue weighted by Gasteiger charge is -2.32. The number of nitrogens with zero attached hydrogens (tertiary/aromatic N) is 2. The van der Waals surface area contributed by atoms with Gasteiger partial charge in [0.2, 0.25) is 0 Å². The van der Waals surface area contributed by atoms with E-state index in [4.69, 9.17) is 4.52 Å². The predicted octanol–water partition coefficient (Wildman–Crippen LogP) is 6.65. The molecule has 0 saturated carbocycles. The third-order valence-corrected chi connectivity index (χ3v) is 7.30. The number of ketones is 1. The summed E-state index contributed by atoms with van der Waals surface area (Å²) < 4.78 is 5.89. The van der Waals surface area contributed by atoms with Crippen LogP contribution < -0.4 is 10.2 Å². The number of likely N-dealkylation sites (N-methyl/N-ethyl adjacent to an activating group) is 1. The van der Waals surface area contributed by atoms with Crippen molar-refractivity contribution >= 4 is 33.7 Å². The van der Waals surface area contributed by atoms with E-state index in [0.717, 1.165) is 28.1 Å². The molecule has 1 aromatic heterocycles. The second kappa shape index (κ2) is 8.91. The predicted molar refractivity (Wildman–Crippen MR) is 147 cm³/mol. The summed E-state index contributed by atoms with van der Waals surface area (Å²) in [5, 5.41) is 19.8. The molecule has 0 bridgehead atoms. The quantitative estimate of drug-likeness (QED) is 0.273. The van der Waals surface area contributed by atoms with E-state index in [0.29, 0.717) is 33.5 Å². The Labute approximate surface area is 215 Å². The number of benzene rings is 4. The van der Waals surface area contributed by atoms with Gasteiger partial charge in [0.25, 0.3) is 0 Å². The fourth-order valence-electron chi connectivity index (χ4n) is 5.06. The number of hydrogen-bond donors (Lipinski definition) is 2.